The summed E-state index contributed by atoms with van der Waals surface area (Å²) in [4.78, 5) is 37.2. The summed E-state index contributed by atoms with van der Waals surface area (Å²) >= 11 is 5.87. The third-order valence-electron chi connectivity index (χ3n) is 4.57. The Labute approximate surface area is 146 Å². The van der Waals surface area contributed by atoms with E-state index < -0.39 is 35.3 Å². The van der Waals surface area contributed by atoms with Crippen molar-refractivity contribution >= 4 is 29.3 Å². The Morgan fingerprint density at radius 1 is 1.29 bits per heavy atom. The molecule has 1 saturated heterocycles. The normalized spacial score (nSPS) is 23.5. The number of carbonyl (C=O) groups is 3. The van der Waals surface area contributed by atoms with Gasteiger partial charge in [-0.1, -0.05) is 18.5 Å². The Bertz CT molecular complexity index is 650. The number of esters is 2. The van der Waals surface area contributed by atoms with E-state index in [1.807, 2.05) is 6.92 Å². The molecule has 130 valence electrons. The summed E-state index contributed by atoms with van der Waals surface area (Å²) in [5, 5.41) is 0.534. The third kappa shape index (κ3) is 3.31. The molecule has 0 N–H and O–H groups in total. The first kappa shape index (κ1) is 18.5. The van der Waals surface area contributed by atoms with Crippen LogP contribution in [0.4, 0.5) is 0 Å². The highest BCUT2D eigenvalue weighted by molar-refractivity contribution is 6.30. The summed E-state index contributed by atoms with van der Waals surface area (Å²) in [6.07, 6.45) is 0.472. The average Bonchev–Trinajstić information content (AvgIpc) is 2.77. The number of hydrogen-bond acceptors (Lipinski definition) is 5. The van der Waals surface area contributed by atoms with Crippen molar-refractivity contribution in [2.24, 2.45) is 17.8 Å². The van der Waals surface area contributed by atoms with Crippen LogP contribution in [0.2, 0.25) is 5.02 Å². The van der Waals surface area contributed by atoms with Crippen LogP contribution in [-0.4, -0.2) is 30.4 Å². The van der Waals surface area contributed by atoms with Gasteiger partial charge in [0.15, 0.2) is 11.7 Å². The van der Waals surface area contributed by atoms with Crippen LogP contribution in [0.3, 0.4) is 0 Å². The SMILES string of the molecule is CC[C@H](C(=O)c1ccc(Cl)cc1)[C@H]1[C@H](C(=O)OC)C(=O)OC1(C)C. The molecule has 2 rings (SSSR count). The van der Waals surface area contributed by atoms with Crippen LogP contribution in [0.25, 0.3) is 0 Å². The fourth-order valence-corrected chi connectivity index (χ4v) is 3.58. The molecule has 1 aromatic carbocycles. The molecular formula is C18H21ClO5. The van der Waals surface area contributed by atoms with Crippen LogP contribution < -0.4 is 0 Å². The molecule has 3 atom stereocenters. The van der Waals surface area contributed by atoms with Crippen LogP contribution in [0.5, 0.6) is 0 Å². The van der Waals surface area contributed by atoms with Gasteiger partial charge >= 0.3 is 11.9 Å². The molecule has 0 amide bonds. The number of hydrogen-bond donors (Lipinski definition) is 0. The first-order valence-corrected chi connectivity index (χ1v) is 8.21. The van der Waals surface area contributed by atoms with Crippen LogP contribution in [0, 0.1) is 17.8 Å². The van der Waals surface area contributed by atoms with Crippen molar-refractivity contribution in [1.29, 1.82) is 0 Å². The number of carbonyl (C=O) groups excluding carboxylic acids is 3. The Morgan fingerprint density at radius 2 is 1.88 bits per heavy atom. The van der Waals surface area contributed by atoms with Gasteiger partial charge in [0.25, 0.3) is 0 Å². The van der Waals surface area contributed by atoms with Crippen molar-refractivity contribution in [3.8, 4) is 0 Å². The molecular weight excluding hydrogens is 332 g/mol. The molecule has 1 aromatic rings. The van der Waals surface area contributed by atoms with Gasteiger partial charge < -0.3 is 9.47 Å². The van der Waals surface area contributed by atoms with Crippen molar-refractivity contribution in [2.45, 2.75) is 32.8 Å². The number of benzene rings is 1. The minimum absolute atomic E-state index is 0.139. The van der Waals surface area contributed by atoms with Crippen molar-refractivity contribution in [1.82, 2.24) is 0 Å². The molecule has 5 nitrogen and oxygen atoms in total. The van der Waals surface area contributed by atoms with E-state index in [9.17, 15) is 14.4 Å². The molecule has 0 unspecified atom stereocenters. The summed E-state index contributed by atoms with van der Waals surface area (Å²) < 4.78 is 10.1. The lowest BCUT2D eigenvalue weighted by Gasteiger charge is -2.32. The summed E-state index contributed by atoms with van der Waals surface area (Å²) in [5.74, 6) is -3.68. The number of ketones is 1. The van der Waals surface area contributed by atoms with Crippen molar-refractivity contribution in [2.75, 3.05) is 7.11 Å². The maximum Gasteiger partial charge on any atom is 0.321 e. The maximum absolute atomic E-state index is 13.0. The molecule has 1 aliphatic rings. The molecule has 0 spiro atoms. The molecule has 1 fully saturated rings. The average molecular weight is 353 g/mol. The summed E-state index contributed by atoms with van der Waals surface area (Å²) in [6.45, 7) is 5.29. The zero-order valence-corrected chi connectivity index (χ0v) is 14.9. The number of methoxy groups -OCH3 is 1. The highest BCUT2D eigenvalue weighted by atomic mass is 35.5. The second-order valence-corrected chi connectivity index (χ2v) is 6.87. The van der Waals surface area contributed by atoms with E-state index in [0.717, 1.165) is 0 Å². The molecule has 1 heterocycles. The van der Waals surface area contributed by atoms with Gasteiger partial charge in [-0.25, -0.2) is 0 Å². The van der Waals surface area contributed by atoms with E-state index >= 15 is 0 Å². The third-order valence-corrected chi connectivity index (χ3v) is 4.83. The monoisotopic (exact) mass is 352 g/mol. The van der Waals surface area contributed by atoms with Gasteiger partial charge in [-0.2, -0.15) is 0 Å². The van der Waals surface area contributed by atoms with Crippen LogP contribution in [0.1, 0.15) is 37.6 Å². The molecule has 0 aliphatic carbocycles. The van der Waals surface area contributed by atoms with Crippen molar-refractivity contribution in [3.63, 3.8) is 0 Å². The smallest absolute Gasteiger partial charge is 0.321 e. The summed E-state index contributed by atoms with van der Waals surface area (Å²) in [5.41, 5.74) is -0.441. The van der Waals surface area contributed by atoms with E-state index in [2.05, 4.69) is 0 Å². The molecule has 1 aliphatic heterocycles. The van der Waals surface area contributed by atoms with E-state index in [1.54, 1.807) is 38.1 Å². The summed E-state index contributed by atoms with van der Waals surface area (Å²) in [7, 11) is 1.22. The van der Waals surface area contributed by atoms with Gasteiger partial charge in [-0.15, -0.1) is 0 Å². The zero-order chi connectivity index (χ0) is 18.1. The highest BCUT2D eigenvalue weighted by Gasteiger charge is 2.57. The second-order valence-electron chi connectivity index (χ2n) is 6.44. The Kier molecular flexibility index (Phi) is 5.33. The second kappa shape index (κ2) is 6.93. The predicted octanol–water partition coefficient (Wildman–Crippen LogP) is 3.29. The first-order valence-electron chi connectivity index (χ1n) is 7.83. The van der Waals surface area contributed by atoms with Crippen molar-refractivity contribution in [3.05, 3.63) is 34.9 Å². The standard InChI is InChI=1S/C18H21ClO5/c1-5-12(15(20)10-6-8-11(19)9-7-10)14-13(16(21)23-4)17(22)24-18(14,2)3/h6-9,12-14H,5H2,1-4H3/t12-,13+,14-/m0/s1. The Morgan fingerprint density at radius 3 is 2.38 bits per heavy atom. The molecule has 0 aromatic heterocycles. The quantitative estimate of drug-likeness (QED) is 0.462. The number of ether oxygens (including phenoxy) is 2. The van der Waals surface area contributed by atoms with Gasteiger partial charge in [0.1, 0.15) is 5.60 Å². The van der Waals surface area contributed by atoms with Gasteiger partial charge in [-0.05, 0) is 44.5 Å². The number of rotatable bonds is 5. The fraction of sp³-hybridized carbons (Fsp3) is 0.500. The van der Waals surface area contributed by atoms with Gasteiger partial charge in [0.05, 0.1) is 7.11 Å². The molecule has 24 heavy (non-hydrogen) atoms. The van der Waals surface area contributed by atoms with Gasteiger partial charge in [-0.3, -0.25) is 14.4 Å². The van der Waals surface area contributed by atoms with E-state index in [4.69, 9.17) is 21.1 Å². The summed E-state index contributed by atoms with van der Waals surface area (Å²) in [6, 6.07) is 6.57. The topological polar surface area (TPSA) is 69.7 Å². The number of cyclic esters (lactones) is 1. The maximum atomic E-state index is 13.0. The van der Waals surface area contributed by atoms with Crippen LogP contribution in [-0.2, 0) is 19.1 Å². The number of halogens is 1. The van der Waals surface area contributed by atoms with E-state index in [1.165, 1.54) is 7.11 Å². The lowest BCUT2D eigenvalue weighted by atomic mass is 9.70. The number of Topliss-reactive ketones (excluding diaryl/α,β-unsaturated/α-hetero) is 1. The molecule has 6 heteroatoms. The first-order chi connectivity index (χ1) is 11.2. The molecule has 0 bridgehead atoms. The minimum atomic E-state index is -1.09. The van der Waals surface area contributed by atoms with E-state index in [-0.39, 0.29) is 5.78 Å². The lowest BCUT2D eigenvalue weighted by molar-refractivity contribution is -0.156. The molecule has 0 radical (unpaired) electrons. The molecule has 0 saturated carbocycles. The minimum Gasteiger partial charge on any atom is -0.468 e. The van der Waals surface area contributed by atoms with Crippen LogP contribution in [0.15, 0.2) is 24.3 Å². The Balaban J connectivity index is 2.42. The Hall–Kier alpha value is -1.88. The largest absolute Gasteiger partial charge is 0.468 e. The zero-order valence-electron chi connectivity index (χ0n) is 14.2. The highest BCUT2D eigenvalue weighted by Crippen LogP contribution is 2.44. The van der Waals surface area contributed by atoms with Gasteiger partial charge in [0.2, 0.25) is 0 Å². The fourth-order valence-electron chi connectivity index (χ4n) is 3.46. The van der Waals surface area contributed by atoms with Crippen molar-refractivity contribution < 1.29 is 23.9 Å². The predicted molar refractivity (Wildman–Crippen MR) is 88.7 cm³/mol. The van der Waals surface area contributed by atoms with Crippen LogP contribution >= 0.6 is 11.6 Å². The van der Waals surface area contributed by atoms with Gasteiger partial charge in [0, 0.05) is 22.4 Å². The lowest BCUT2D eigenvalue weighted by Crippen LogP contribution is -2.42. The van der Waals surface area contributed by atoms with E-state index in [0.29, 0.717) is 17.0 Å².